The van der Waals surface area contributed by atoms with Gasteiger partial charge in [-0.2, -0.15) is 9.57 Å². The molecule has 168 valence electrons. The second kappa shape index (κ2) is 9.36. The van der Waals surface area contributed by atoms with Gasteiger partial charge in [0, 0.05) is 13.1 Å². The summed E-state index contributed by atoms with van der Waals surface area (Å²) in [7, 11) is -3.67. The number of rotatable bonds is 5. The molecule has 0 saturated carbocycles. The summed E-state index contributed by atoms with van der Waals surface area (Å²) in [6.45, 7) is 1.34. The number of hydrogen-bond donors (Lipinski definition) is 0. The molecular formula is C22H21ClN2O6S. The van der Waals surface area contributed by atoms with Crippen molar-refractivity contribution in [2.24, 2.45) is 5.92 Å². The number of esters is 1. The lowest BCUT2D eigenvalue weighted by Crippen LogP contribution is -2.40. The SMILES string of the molecule is N#Cc1ccc(S(=O)(=O)N2CCC(C(=O)OCc3cc(Cl)c4c(c3)OCCO4)CC2)cc1. The van der Waals surface area contributed by atoms with Gasteiger partial charge in [0.05, 0.1) is 27.5 Å². The van der Waals surface area contributed by atoms with Crippen molar-refractivity contribution in [1.82, 2.24) is 4.31 Å². The maximum Gasteiger partial charge on any atom is 0.309 e. The highest BCUT2D eigenvalue weighted by molar-refractivity contribution is 7.89. The highest BCUT2D eigenvalue weighted by atomic mass is 35.5. The smallest absolute Gasteiger partial charge is 0.309 e. The van der Waals surface area contributed by atoms with Gasteiger partial charge in [-0.1, -0.05) is 11.6 Å². The summed E-state index contributed by atoms with van der Waals surface area (Å²) in [5.74, 6) is 0.265. The number of carbonyl (C=O) groups is 1. The fourth-order valence-corrected chi connectivity index (χ4v) is 5.46. The third-order valence-electron chi connectivity index (χ3n) is 5.45. The molecule has 10 heteroatoms. The molecule has 0 bridgehead atoms. The fourth-order valence-electron chi connectivity index (χ4n) is 3.70. The average Bonchev–Trinajstić information content (AvgIpc) is 2.82. The number of hydrogen-bond acceptors (Lipinski definition) is 7. The van der Waals surface area contributed by atoms with E-state index in [4.69, 9.17) is 31.1 Å². The summed E-state index contributed by atoms with van der Waals surface area (Å²) in [5, 5.41) is 9.27. The Balaban J connectivity index is 1.33. The van der Waals surface area contributed by atoms with Crippen LogP contribution in [0.15, 0.2) is 41.3 Å². The summed E-state index contributed by atoms with van der Waals surface area (Å²) in [6.07, 6.45) is 0.743. The van der Waals surface area contributed by atoms with Gasteiger partial charge in [0.25, 0.3) is 0 Å². The van der Waals surface area contributed by atoms with Gasteiger partial charge >= 0.3 is 5.97 Å². The van der Waals surface area contributed by atoms with E-state index in [1.807, 2.05) is 6.07 Å². The molecule has 0 N–H and O–H groups in total. The predicted molar refractivity (Wildman–Crippen MR) is 115 cm³/mol. The molecule has 4 rings (SSSR count). The number of carbonyl (C=O) groups excluding carboxylic acids is 1. The molecular weight excluding hydrogens is 456 g/mol. The maximum atomic E-state index is 12.8. The first-order valence-corrected chi connectivity index (χ1v) is 12.0. The van der Waals surface area contributed by atoms with Crippen LogP contribution in [-0.4, -0.2) is 45.0 Å². The van der Waals surface area contributed by atoms with E-state index in [1.165, 1.54) is 28.6 Å². The van der Waals surface area contributed by atoms with Crippen LogP contribution < -0.4 is 9.47 Å². The quantitative estimate of drug-likeness (QED) is 0.610. The third kappa shape index (κ3) is 4.67. The van der Waals surface area contributed by atoms with Crippen molar-refractivity contribution in [2.75, 3.05) is 26.3 Å². The van der Waals surface area contributed by atoms with Crippen molar-refractivity contribution in [3.8, 4) is 17.6 Å². The minimum absolute atomic E-state index is 0.0406. The molecule has 2 aromatic carbocycles. The van der Waals surface area contributed by atoms with Crippen molar-refractivity contribution in [1.29, 1.82) is 5.26 Å². The van der Waals surface area contributed by atoms with Gasteiger partial charge in [0.2, 0.25) is 10.0 Å². The topological polar surface area (TPSA) is 106 Å². The number of nitrogens with zero attached hydrogens (tertiary/aromatic N) is 2. The Kier molecular flexibility index (Phi) is 6.55. The lowest BCUT2D eigenvalue weighted by Gasteiger charge is -2.30. The highest BCUT2D eigenvalue weighted by Crippen LogP contribution is 2.38. The molecule has 0 amide bonds. The summed E-state index contributed by atoms with van der Waals surface area (Å²) < 4.78 is 43.5. The Morgan fingerprint density at radius 2 is 1.84 bits per heavy atom. The van der Waals surface area contributed by atoms with Gasteiger partial charge in [0.15, 0.2) is 11.5 Å². The summed E-state index contributed by atoms with van der Waals surface area (Å²) in [4.78, 5) is 12.7. The van der Waals surface area contributed by atoms with Gasteiger partial charge in [0.1, 0.15) is 19.8 Å². The molecule has 2 aliphatic rings. The zero-order chi connectivity index (χ0) is 22.7. The van der Waals surface area contributed by atoms with Crippen molar-refractivity contribution in [2.45, 2.75) is 24.3 Å². The van der Waals surface area contributed by atoms with Crippen molar-refractivity contribution >= 4 is 27.6 Å². The maximum absolute atomic E-state index is 12.8. The number of piperidine rings is 1. The molecule has 8 nitrogen and oxygen atoms in total. The molecule has 0 radical (unpaired) electrons. The lowest BCUT2D eigenvalue weighted by atomic mass is 9.98. The summed E-state index contributed by atoms with van der Waals surface area (Å²) in [6, 6.07) is 11.2. The molecule has 2 aromatic rings. The van der Waals surface area contributed by atoms with Gasteiger partial charge in [-0.15, -0.1) is 0 Å². The van der Waals surface area contributed by atoms with Crippen LogP contribution in [0.1, 0.15) is 24.0 Å². The van der Waals surface area contributed by atoms with E-state index >= 15 is 0 Å². The van der Waals surface area contributed by atoms with E-state index in [9.17, 15) is 13.2 Å². The predicted octanol–water partition coefficient (Wildman–Crippen LogP) is 3.13. The summed E-state index contributed by atoms with van der Waals surface area (Å²) in [5.41, 5.74) is 1.08. The second-order valence-electron chi connectivity index (χ2n) is 7.52. The Morgan fingerprint density at radius 1 is 1.16 bits per heavy atom. The molecule has 0 spiro atoms. The molecule has 2 heterocycles. The molecule has 0 aliphatic carbocycles. The zero-order valence-electron chi connectivity index (χ0n) is 17.1. The van der Waals surface area contributed by atoms with E-state index < -0.39 is 10.0 Å². The van der Waals surface area contributed by atoms with Gasteiger partial charge in [-0.25, -0.2) is 8.42 Å². The first kappa shape index (κ1) is 22.4. The minimum Gasteiger partial charge on any atom is -0.486 e. The molecule has 0 unspecified atom stereocenters. The molecule has 0 aromatic heterocycles. The molecule has 2 aliphatic heterocycles. The standard InChI is InChI=1S/C22H21ClN2O6S/c23-19-11-16(12-20-21(19)30-10-9-29-20)14-31-22(26)17-5-7-25(8-6-17)32(27,28)18-3-1-15(13-24)2-4-18/h1-4,11-12,17H,5-10,14H2. The van der Waals surface area contributed by atoms with E-state index in [1.54, 1.807) is 12.1 Å². The number of benzene rings is 2. The fraction of sp³-hybridized carbons (Fsp3) is 0.364. The van der Waals surface area contributed by atoms with Crippen molar-refractivity contribution < 1.29 is 27.4 Å². The van der Waals surface area contributed by atoms with Crippen LogP contribution in [0, 0.1) is 17.2 Å². The number of fused-ring (bicyclic) bond motifs is 1. The van der Waals surface area contributed by atoms with Crippen LogP contribution in [0.3, 0.4) is 0 Å². The molecule has 0 atom stereocenters. The number of nitriles is 1. The molecule has 1 saturated heterocycles. The minimum atomic E-state index is -3.67. The van der Waals surface area contributed by atoms with Crippen molar-refractivity contribution in [3.05, 3.63) is 52.5 Å². The first-order chi connectivity index (χ1) is 15.4. The third-order valence-corrected chi connectivity index (χ3v) is 7.64. The van der Waals surface area contributed by atoms with Crippen LogP contribution in [0.2, 0.25) is 5.02 Å². The first-order valence-electron chi connectivity index (χ1n) is 10.1. The van der Waals surface area contributed by atoms with E-state index in [2.05, 4.69) is 0 Å². The molecule has 1 fully saturated rings. The Labute approximate surface area is 191 Å². The Morgan fingerprint density at radius 3 is 2.53 bits per heavy atom. The number of ether oxygens (including phenoxy) is 3. The van der Waals surface area contributed by atoms with Gasteiger partial charge < -0.3 is 14.2 Å². The van der Waals surface area contributed by atoms with E-state index in [0.717, 1.165) is 0 Å². The van der Waals surface area contributed by atoms with Gasteiger partial charge in [-0.3, -0.25) is 4.79 Å². The van der Waals surface area contributed by atoms with Crippen LogP contribution in [-0.2, 0) is 26.2 Å². The lowest BCUT2D eigenvalue weighted by molar-refractivity contribution is -0.151. The largest absolute Gasteiger partial charge is 0.486 e. The van der Waals surface area contributed by atoms with Crippen LogP contribution in [0.4, 0.5) is 0 Å². The average molecular weight is 477 g/mol. The van der Waals surface area contributed by atoms with Crippen molar-refractivity contribution in [3.63, 3.8) is 0 Å². The Bertz CT molecular complexity index is 1150. The van der Waals surface area contributed by atoms with Crippen LogP contribution in [0.5, 0.6) is 11.5 Å². The highest BCUT2D eigenvalue weighted by Gasteiger charge is 2.33. The Hall–Kier alpha value is -2.80. The van der Waals surface area contributed by atoms with Gasteiger partial charge in [-0.05, 0) is 54.8 Å². The zero-order valence-corrected chi connectivity index (χ0v) is 18.7. The normalized spacial score (nSPS) is 16.9. The monoisotopic (exact) mass is 476 g/mol. The van der Waals surface area contributed by atoms with E-state index in [-0.39, 0.29) is 36.5 Å². The number of halogens is 1. The second-order valence-corrected chi connectivity index (χ2v) is 9.87. The molecule has 32 heavy (non-hydrogen) atoms. The van der Waals surface area contributed by atoms with E-state index in [0.29, 0.717) is 53.7 Å². The number of sulfonamides is 1. The summed E-state index contributed by atoms with van der Waals surface area (Å²) >= 11 is 6.21. The van der Waals surface area contributed by atoms with Crippen LogP contribution in [0.25, 0.3) is 0 Å². The van der Waals surface area contributed by atoms with Crippen LogP contribution >= 0.6 is 11.6 Å².